The summed E-state index contributed by atoms with van der Waals surface area (Å²) in [4.78, 5) is 16.8. The summed E-state index contributed by atoms with van der Waals surface area (Å²) >= 11 is 0. The highest BCUT2D eigenvalue weighted by atomic mass is 31.2. The Hall–Kier alpha value is -1.43. The van der Waals surface area contributed by atoms with Gasteiger partial charge in [0, 0.05) is 0 Å². The second kappa shape index (κ2) is 3.38. The van der Waals surface area contributed by atoms with Gasteiger partial charge in [-0.15, -0.1) is 0 Å². The highest BCUT2D eigenvalue weighted by Crippen LogP contribution is 2.47. The van der Waals surface area contributed by atoms with Gasteiger partial charge in [0.2, 0.25) is 11.5 Å². The third kappa shape index (κ3) is 2.29. The van der Waals surface area contributed by atoms with Crippen LogP contribution >= 0.6 is 7.82 Å². The lowest BCUT2D eigenvalue weighted by atomic mass is 10.3. The molecular weight excluding hydrogens is 215 g/mol. The van der Waals surface area contributed by atoms with E-state index in [1.54, 1.807) is 0 Å². The molecule has 0 aliphatic heterocycles. The van der Waals surface area contributed by atoms with E-state index in [2.05, 4.69) is 4.52 Å². The number of hydrogen-bond donors (Lipinski definition) is 5. The Morgan fingerprint density at radius 3 is 2.14 bits per heavy atom. The first-order valence-corrected chi connectivity index (χ1v) is 4.83. The Morgan fingerprint density at radius 1 is 1.07 bits per heavy atom. The predicted molar refractivity (Wildman–Crippen MR) is 44.1 cm³/mol. The monoisotopic (exact) mass is 222 g/mol. The molecule has 0 radical (unpaired) electrons. The minimum Gasteiger partial charge on any atom is -0.504 e. The Morgan fingerprint density at radius 2 is 1.64 bits per heavy atom. The molecule has 0 bridgehead atoms. The topological polar surface area (TPSA) is 127 Å². The fraction of sp³-hybridized carbons (Fsp3) is 0. The number of benzene rings is 1. The molecule has 1 aromatic carbocycles. The molecule has 0 aliphatic carbocycles. The molecular formula is C6H7O7P. The van der Waals surface area contributed by atoms with Crippen LogP contribution in [0.3, 0.4) is 0 Å². The van der Waals surface area contributed by atoms with Gasteiger partial charge in [0.1, 0.15) is 0 Å². The van der Waals surface area contributed by atoms with Gasteiger partial charge in [-0.1, -0.05) is 0 Å². The van der Waals surface area contributed by atoms with E-state index in [9.17, 15) is 4.57 Å². The summed E-state index contributed by atoms with van der Waals surface area (Å²) in [6.07, 6.45) is 0. The minimum absolute atomic E-state index is 0.617. The Kier molecular flexibility index (Phi) is 2.57. The molecule has 0 unspecified atom stereocenters. The molecule has 78 valence electrons. The molecule has 5 N–H and O–H groups in total. The van der Waals surface area contributed by atoms with Crippen molar-refractivity contribution in [1.29, 1.82) is 0 Å². The molecule has 0 spiro atoms. The molecule has 1 aromatic rings. The summed E-state index contributed by atoms with van der Waals surface area (Å²) in [6.45, 7) is 0. The first-order chi connectivity index (χ1) is 6.31. The number of hydrogen-bond acceptors (Lipinski definition) is 5. The SMILES string of the molecule is O=P(O)(O)Oc1ccc(O)c(O)c1O. The second-order valence-electron chi connectivity index (χ2n) is 2.36. The van der Waals surface area contributed by atoms with Crippen LogP contribution in [0.2, 0.25) is 0 Å². The van der Waals surface area contributed by atoms with E-state index in [4.69, 9.17) is 25.1 Å². The Balaban J connectivity index is 3.12. The van der Waals surface area contributed by atoms with Gasteiger partial charge < -0.3 is 19.8 Å². The summed E-state index contributed by atoms with van der Waals surface area (Å²) in [7, 11) is -4.80. The second-order valence-corrected chi connectivity index (χ2v) is 3.53. The van der Waals surface area contributed by atoms with E-state index in [0.717, 1.165) is 12.1 Å². The maximum Gasteiger partial charge on any atom is 0.524 e. The van der Waals surface area contributed by atoms with Crippen LogP contribution < -0.4 is 4.52 Å². The van der Waals surface area contributed by atoms with Crippen LogP contribution in [0.5, 0.6) is 23.0 Å². The van der Waals surface area contributed by atoms with Gasteiger partial charge in [-0.05, 0) is 12.1 Å². The lowest BCUT2D eigenvalue weighted by Crippen LogP contribution is -1.90. The quantitative estimate of drug-likeness (QED) is 0.359. The largest absolute Gasteiger partial charge is 0.524 e. The van der Waals surface area contributed by atoms with Crippen LogP contribution in [0.25, 0.3) is 0 Å². The molecule has 0 fully saturated rings. The van der Waals surface area contributed by atoms with Gasteiger partial charge in [-0.3, -0.25) is 9.79 Å². The smallest absolute Gasteiger partial charge is 0.504 e. The van der Waals surface area contributed by atoms with Crippen LogP contribution in [-0.2, 0) is 4.57 Å². The van der Waals surface area contributed by atoms with Gasteiger partial charge in [-0.25, -0.2) is 4.57 Å². The number of phenols is 3. The van der Waals surface area contributed by atoms with Crippen molar-refractivity contribution in [3.05, 3.63) is 12.1 Å². The van der Waals surface area contributed by atoms with Crippen molar-refractivity contribution in [1.82, 2.24) is 0 Å². The highest BCUT2D eigenvalue weighted by Gasteiger charge is 2.21. The zero-order chi connectivity index (χ0) is 10.9. The van der Waals surface area contributed by atoms with E-state index in [0.29, 0.717) is 0 Å². The third-order valence-corrected chi connectivity index (χ3v) is 1.74. The van der Waals surface area contributed by atoms with Gasteiger partial charge in [0.15, 0.2) is 11.5 Å². The first-order valence-electron chi connectivity index (χ1n) is 3.30. The van der Waals surface area contributed by atoms with E-state index in [1.807, 2.05) is 0 Å². The van der Waals surface area contributed by atoms with Crippen molar-refractivity contribution < 1.29 is 34.2 Å². The number of phenolic OH excluding ortho intramolecular Hbond substituents is 3. The number of rotatable bonds is 2. The Bertz CT molecular complexity index is 395. The normalized spacial score (nSPS) is 11.3. The number of phosphoric acid groups is 1. The maximum atomic E-state index is 10.4. The van der Waals surface area contributed by atoms with Crippen LogP contribution in [0.15, 0.2) is 12.1 Å². The average molecular weight is 222 g/mol. The van der Waals surface area contributed by atoms with Crippen molar-refractivity contribution in [2.75, 3.05) is 0 Å². The van der Waals surface area contributed by atoms with E-state index in [-0.39, 0.29) is 0 Å². The fourth-order valence-electron chi connectivity index (χ4n) is 0.752. The molecule has 0 atom stereocenters. The van der Waals surface area contributed by atoms with Crippen molar-refractivity contribution in [3.8, 4) is 23.0 Å². The summed E-state index contributed by atoms with van der Waals surface area (Å²) in [5.41, 5.74) is 0. The van der Waals surface area contributed by atoms with Crippen molar-refractivity contribution in [3.63, 3.8) is 0 Å². The van der Waals surface area contributed by atoms with E-state index < -0.39 is 30.8 Å². The van der Waals surface area contributed by atoms with Crippen molar-refractivity contribution in [2.45, 2.75) is 0 Å². The summed E-state index contributed by atoms with van der Waals surface area (Å²) in [5, 5.41) is 26.9. The lowest BCUT2D eigenvalue weighted by Gasteiger charge is -2.09. The third-order valence-electron chi connectivity index (χ3n) is 1.31. The standard InChI is InChI=1S/C6H7O7P/c7-3-1-2-4(6(9)5(3)8)13-14(10,11)12/h1-2,7-9H,(H2,10,11,12). The number of aromatic hydroxyl groups is 3. The van der Waals surface area contributed by atoms with Gasteiger partial charge in [0.05, 0.1) is 0 Å². The molecule has 0 amide bonds. The van der Waals surface area contributed by atoms with Gasteiger partial charge in [-0.2, -0.15) is 0 Å². The molecule has 14 heavy (non-hydrogen) atoms. The maximum absolute atomic E-state index is 10.4. The summed E-state index contributed by atoms with van der Waals surface area (Å²) in [6, 6.07) is 1.82. The van der Waals surface area contributed by atoms with E-state index >= 15 is 0 Å². The first kappa shape index (κ1) is 10.6. The molecule has 0 aliphatic rings. The Labute approximate surface area is 78.1 Å². The van der Waals surface area contributed by atoms with E-state index in [1.165, 1.54) is 0 Å². The van der Waals surface area contributed by atoms with Crippen LogP contribution in [-0.4, -0.2) is 25.1 Å². The van der Waals surface area contributed by atoms with Crippen molar-refractivity contribution >= 4 is 7.82 Å². The van der Waals surface area contributed by atoms with Crippen LogP contribution in [0.4, 0.5) is 0 Å². The van der Waals surface area contributed by atoms with Crippen LogP contribution in [0.1, 0.15) is 0 Å². The van der Waals surface area contributed by atoms with Crippen LogP contribution in [0, 0.1) is 0 Å². The zero-order valence-electron chi connectivity index (χ0n) is 6.65. The average Bonchev–Trinajstić information content (AvgIpc) is 2.04. The molecule has 0 heterocycles. The molecule has 0 aromatic heterocycles. The number of phosphoric ester groups is 1. The van der Waals surface area contributed by atoms with Gasteiger partial charge in [0.25, 0.3) is 0 Å². The molecule has 1 rings (SSSR count). The minimum atomic E-state index is -4.80. The molecule has 0 saturated heterocycles. The molecule has 0 saturated carbocycles. The van der Waals surface area contributed by atoms with Gasteiger partial charge >= 0.3 is 7.82 Å². The lowest BCUT2D eigenvalue weighted by molar-refractivity contribution is 0.274. The summed E-state index contributed by atoms with van der Waals surface area (Å²) < 4.78 is 14.4. The molecule has 8 heteroatoms. The highest BCUT2D eigenvalue weighted by molar-refractivity contribution is 7.46. The molecule has 7 nitrogen and oxygen atoms in total. The van der Waals surface area contributed by atoms with Crippen molar-refractivity contribution in [2.24, 2.45) is 0 Å². The predicted octanol–water partition coefficient (Wildman–Crippen LogP) is 0.275. The zero-order valence-corrected chi connectivity index (χ0v) is 7.55. The fourth-order valence-corrected chi connectivity index (χ4v) is 1.16. The summed E-state index contributed by atoms with van der Waals surface area (Å²) in [5.74, 6) is -3.08.